The van der Waals surface area contributed by atoms with E-state index in [1.165, 1.54) is 17.7 Å². The molecule has 0 saturated carbocycles. The summed E-state index contributed by atoms with van der Waals surface area (Å²) in [6.07, 6.45) is 3.03. The van der Waals surface area contributed by atoms with Gasteiger partial charge in [-0.05, 0) is 42.4 Å². The van der Waals surface area contributed by atoms with Crippen LogP contribution in [-0.4, -0.2) is 10.8 Å². The highest BCUT2D eigenvalue weighted by atomic mass is 16.6. The Morgan fingerprint density at radius 1 is 1.17 bits per heavy atom. The minimum atomic E-state index is -0.731. The second-order valence-electron chi connectivity index (χ2n) is 6.06. The molecule has 0 heterocycles. The van der Waals surface area contributed by atoms with E-state index in [0.717, 1.165) is 24.0 Å². The summed E-state index contributed by atoms with van der Waals surface area (Å²) in [5, 5.41) is 10.8. The van der Waals surface area contributed by atoms with Crippen molar-refractivity contribution in [3.63, 3.8) is 0 Å². The lowest BCUT2D eigenvalue weighted by molar-refractivity contribution is -0.384. The predicted octanol–water partition coefficient (Wildman–Crippen LogP) is 2.90. The Labute approximate surface area is 134 Å². The van der Waals surface area contributed by atoms with E-state index in [-0.39, 0.29) is 11.6 Å². The molecule has 0 aliphatic heterocycles. The number of nitro benzene ring substituents is 1. The Balaban J connectivity index is 2.00. The van der Waals surface area contributed by atoms with Gasteiger partial charge in [-0.3, -0.25) is 14.9 Å². The first-order valence-electron chi connectivity index (χ1n) is 7.64. The van der Waals surface area contributed by atoms with Crippen LogP contribution < -0.4 is 5.73 Å². The molecule has 0 aromatic heterocycles. The number of hydrogen-bond acceptors (Lipinski definition) is 3. The number of benzene rings is 2. The molecule has 1 atom stereocenters. The fourth-order valence-electron chi connectivity index (χ4n) is 3.53. The number of nitrogens with zero attached hydrogens (tertiary/aromatic N) is 1. The molecular weight excluding hydrogens is 292 g/mol. The van der Waals surface area contributed by atoms with Crippen molar-refractivity contribution in [2.24, 2.45) is 5.73 Å². The van der Waals surface area contributed by atoms with Gasteiger partial charge < -0.3 is 5.73 Å². The molecule has 5 heteroatoms. The molecular formula is C18H18N2O3. The van der Waals surface area contributed by atoms with E-state index < -0.39 is 10.3 Å². The molecule has 2 aromatic rings. The first-order chi connectivity index (χ1) is 11.0. The van der Waals surface area contributed by atoms with E-state index in [1.807, 2.05) is 24.3 Å². The van der Waals surface area contributed by atoms with Crippen molar-refractivity contribution >= 4 is 11.6 Å². The van der Waals surface area contributed by atoms with Crippen LogP contribution in [0.4, 0.5) is 5.69 Å². The quantitative estimate of drug-likeness (QED) is 0.696. The predicted molar refractivity (Wildman–Crippen MR) is 87.1 cm³/mol. The molecule has 118 valence electrons. The molecule has 1 aliphatic rings. The Morgan fingerprint density at radius 3 is 2.52 bits per heavy atom. The zero-order valence-electron chi connectivity index (χ0n) is 12.7. The molecule has 0 radical (unpaired) electrons. The Kier molecular flexibility index (Phi) is 3.86. The fraction of sp³-hybridized carbons (Fsp3) is 0.278. The van der Waals surface area contributed by atoms with Crippen LogP contribution in [0.5, 0.6) is 0 Å². The molecule has 1 aliphatic carbocycles. The number of aryl methyl sites for hydroxylation is 1. The first kappa shape index (κ1) is 15.2. The highest BCUT2D eigenvalue weighted by Crippen LogP contribution is 2.40. The largest absolute Gasteiger partial charge is 0.369 e. The summed E-state index contributed by atoms with van der Waals surface area (Å²) >= 11 is 0. The van der Waals surface area contributed by atoms with E-state index in [0.29, 0.717) is 12.8 Å². The van der Waals surface area contributed by atoms with Gasteiger partial charge in [0.25, 0.3) is 5.69 Å². The number of rotatable bonds is 4. The van der Waals surface area contributed by atoms with E-state index in [2.05, 4.69) is 0 Å². The molecule has 23 heavy (non-hydrogen) atoms. The molecule has 5 nitrogen and oxygen atoms in total. The molecule has 1 amide bonds. The number of amides is 1. The second-order valence-corrected chi connectivity index (χ2v) is 6.06. The van der Waals surface area contributed by atoms with Crippen molar-refractivity contribution in [1.29, 1.82) is 0 Å². The lowest BCUT2D eigenvalue weighted by Crippen LogP contribution is -2.45. The molecule has 0 fully saturated rings. The van der Waals surface area contributed by atoms with Crippen LogP contribution in [0.1, 0.15) is 29.5 Å². The maximum Gasteiger partial charge on any atom is 0.269 e. The van der Waals surface area contributed by atoms with E-state index >= 15 is 0 Å². The van der Waals surface area contributed by atoms with Gasteiger partial charge in [0.15, 0.2) is 0 Å². The molecule has 3 rings (SSSR count). The third kappa shape index (κ3) is 2.70. The first-order valence-corrected chi connectivity index (χ1v) is 7.64. The van der Waals surface area contributed by atoms with E-state index in [9.17, 15) is 14.9 Å². The van der Waals surface area contributed by atoms with Gasteiger partial charge in [0.2, 0.25) is 5.91 Å². The number of nitro groups is 1. The Morgan fingerprint density at radius 2 is 1.87 bits per heavy atom. The number of fused-ring (bicyclic) bond motifs is 1. The summed E-state index contributed by atoms with van der Waals surface area (Å²) in [5.41, 5.74) is 8.16. The highest BCUT2D eigenvalue weighted by molar-refractivity contribution is 5.88. The second kappa shape index (κ2) is 5.83. The third-order valence-electron chi connectivity index (χ3n) is 4.71. The lowest BCUT2D eigenvalue weighted by atomic mass is 9.66. The number of non-ortho nitro benzene ring substituents is 1. The van der Waals surface area contributed by atoms with E-state index in [4.69, 9.17) is 5.73 Å². The van der Waals surface area contributed by atoms with Gasteiger partial charge in [-0.25, -0.2) is 0 Å². The Hall–Kier alpha value is -2.69. The summed E-state index contributed by atoms with van der Waals surface area (Å²) in [6.45, 7) is 0. The molecule has 0 saturated heterocycles. The van der Waals surface area contributed by atoms with Gasteiger partial charge in [-0.2, -0.15) is 0 Å². The summed E-state index contributed by atoms with van der Waals surface area (Å²) in [5.74, 6) is -0.331. The molecule has 1 unspecified atom stereocenters. The summed E-state index contributed by atoms with van der Waals surface area (Å²) in [4.78, 5) is 22.7. The summed E-state index contributed by atoms with van der Waals surface area (Å²) in [6, 6.07) is 14.3. The monoisotopic (exact) mass is 310 g/mol. The topological polar surface area (TPSA) is 86.2 Å². The van der Waals surface area contributed by atoms with Gasteiger partial charge in [0.1, 0.15) is 0 Å². The minimum absolute atomic E-state index is 0.0471. The fourth-order valence-corrected chi connectivity index (χ4v) is 3.53. The van der Waals surface area contributed by atoms with Crippen LogP contribution in [0, 0.1) is 10.1 Å². The summed E-state index contributed by atoms with van der Waals surface area (Å²) in [7, 11) is 0. The van der Waals surface area contributed by atoms with E-state index in [1.54, 1.807) is 12.1 Å². The van der Waals surface area contributed by atoms with Crippen LogP contribution in [0.15, 0.2) is 48.5 Å². The van der Waals surface area contributed by atoms with Gasteiger partial charge >= 0.3 is 0 Å². The molecule has 0 bridgehead atoms. The Bertz CT molecular complexity index is 755. The minimum Gasteiger partial charge on any atom is -0.369 e. The lowest BCUT2D eigenvalue weighted by Gasteiger charge is -2.36. The van der Waals surface area contributed by atoms with Crippen molar-refractivity contribution in [2.75, 3.05) is 0 Å². The van der Waals surface area contributed by atoms with Gasteiger partial charge in [0.05, 0.1) is 10.3 Å². The maximum absolute atomic E-state index is 12.3. The average Bonchev–Trinajstić information content (AvgIpc) is 2.55. The summed E-state index contributed by atoms with van der Waals surface area (Å²) < 4.78 is 0. The number of primary amides is 1. The zero-order chi connectivity index (χ0) is 16.4. The number of hydrogen-bond donors (Lipinski definition) is 1. The normalized spacial score (nSPS) is 19.8. The molecule has 2 N–H and O–H groups in total. The smallest absolute Gasteiger partial charge is 0.269 e. The highest BCUT2D eigenvalue weighted by Gasteiger charge is 2.41. The van der Waals surface area contributed by atoms with Crippen molar-refractivity contribution in [3.05, 3.63) is 75.3 Å². The third-order valence-corrected chi connectivity index (χ3v) is 4.71. The molecule has 2 aromatic carbocycles. The molecule has 0 spiro atoms. The number of nitrogens with two attached hydrogens (primary N) is 1. The van der Waals surface area contributed by atoms with Crippen LogP contribution in [-0.2, 0) is 23.1 Å². The van der Waals surface area contributed by atoms with Crippen molar-refractivity contribution < 1.29 is 9.72 Å². The van der Waals surface area contributed by atoms with Crippen molar-refractivity contribution in [1.82, 2.24) is 0 Å². The number of carbonyl (C=O) groups is 1. The van der Waals surface area contributed by atoms with Gasteiger partial charge in [0, 0.05) is 12.1 Å². The van der Waals surface area contributed by atoms with Crippen LogP contribution in [0.3, 0.4) is 0 Å². The SMILES string of the molecule is NC(=O)C1(Cc2ccc([N+](=O)[O-])cc2)CCCc2ccccc21. The number of carbonyl (C=O) groups excluding carboxylic acids is 1. The van der Waals surface area contributed by atoms with Crippen LogP contribution >= 0.6 is 0 Å². The van der Waals surface area contributed by atoms with Gasteiger partial charge in [-0.1, -0.05) is 36.4 Å². The van der Waals surface area contributed by atoms with Crippen molar-refractivity contribution in [2.45, 2.75) is 31.1 Å². The van der Waals surface area contributed by atoms with Crippen LogP contribution in [0.25, 0.3) is 0 Å². The van der Waals surface area contributed by atoms with Gasteiger partial charge in [-0.15, -0.1) is 0 Å². The average molecular weight is 310 g/mol. The van der Waals surface area contributed by atoms with Crippen molar-refractivity contribution in [3.8, 4) is 0 Å². The van der Waals surface area contributed by atoms with Crippen LogP contribution in [0.2, 0.25) is 0 Å². The maximum atomic E-state index is 12.3. The zero-order valence-corrected chi connectivity index (χ0v) is 12.7. The standard InChI is InChI=1S/C18H18N2O3/c19-17(21)18(11-3-5-14-4-1-2-6-16(14)18)12-13-7-9-15(10-8-13)20(22)23/h1-2,4,6-10H,3,5,11-12H2,(H2,19,21).